The molecule has 2 aromatic carbocycles. The highest BCUT2D eigenvalue weighted by atomic mass is 32.2. The molecule has 3 aromatic rings. The molecule has 152 valence electrons. The highest BCUT2D eigenvalue weighted by molar-refractivity contribution is 7.99. The summed E-state index contributed by atoms with van der Waals surface area (Å²) < 4.78 is 16.3. The molecule has 0 aliphatic carbocycles. The minimum atomic E-state index is 0.0552. The van der Waals surface area contributed by atoms with Crippen LogP contribution in [-0.2, 0) is 0 Å². The first-order valence-corrected chi connectivity index (χ1v) is 10.1. The normalized spacial score (nSPS) is 10.8. The van der Waals surface area contributed by atoms with Crippen LogP contribution in [0.25, 0.3) is 11.5 Å². The average molecular weight is 413 g/mol. The summed E-state index contributed by atoms with van der Waals surface area (Å²) in [5, 5.41) is 8.50. The number of thioether (sulfide) groups is 1. The third-order valence-electron chi connectivity index (χ3n) is 4.98. The molecule has 1 heterocycles. The highest BCUT2D eigenvalue weighted by Gasteiger charge is 2.18. The van der Waals surface area contributed by atoms with E-state index in [1.54, 1.807) is 32.4 Å². The van der Waals surface area contributed by atoms with Gasteiger partial charge in [0.1, 0.15) is 11.5 Å². The van der Waals surface area contributed by atoms with Crippen LogP contribution in [0.15, 0.2) is 33.9 Å². The Balaban J connectivity index is 1.78. The van der Waals surface area contributed by atoms with Crippen molar-refractivity contribution in [2.75, 3.05) is 20.0 Å². The SMILES string of the molecule is COc1cc(OC)cc(-c2nnc(SCC(=O)c3c(C)c(C)cc(C)c3C)o2)c1. The predicted octanol–water partition coefficient (Wildman–Crippen LogP) is 4.96. The van der Waals surface area contributed by atoms with Gasteiger partial charge < -0.3 is 13.9 Å². The van der Waals surface area contributed by atoms with Gasteiger partial charge >= 0.3 is 0 Å². The van der Waals surface area contributed by atoms with Crippen LogP contribution in [0, 0.1) is 27.7 Å². The maximum Gasteiger partial charge on any atom is 0.277 e. The first-order valence-electron chi connectivity index (χ1n) is 9.14. The number of hydrogen-bond donors (Lipinski definition) is 0. The number of methoxy groups -OCH3 is 2. The molecule has 29 heavy (non-hydrogen) atoms. The molecular formula is C22H24N2O4S. The summed E-state index contributed by atoms with van der Waals surface area (Å²) >= 11 is 1.24. The van der Waals surface area contributed by atoms with E-state index in [-0.39, 0.29) is 11.5 Å². The molecule has 1 aromatic heterocycles. The molecule has 0 saturated heterocycles. The van der Waals surface area contributed by atoms with Crippen molar-refractivity contribution in [3.05, 3.63) is 52.1 Å². The van der Waals surface area contributed by atoms with Crippen molar-refractivity contribution < 1.29 is 18.7 Å². The summed E-state index contributed by atoms with van der Waals surface area (Å²) in [6.45, 7) is 8.03. The minimum Gasteiger partial charge on any atom is -0.497 e. The molecule has 0 bridgehead atoms. The van der Waals surface area contributed by atoms with E-state index >= 15 is 0 Å². The second-order valence-electron chi connectivity index (χ2n) is 6.82. The van der Waals surface area contributed by atoms with Crippen molar-refractivity contribution in [3.8, 4) is 23.0 Å². The van der Waals surface area contributed by atoms with Gasteiger partial charge in [-0.05, 0) is 62.1 Å². The van der Waals surface area contributed by atoms with Crippen molar-refractivity contribution in [1.29, 1.82) is 0 Å². The van der Waals surface area contributed by atoms with E-state index < -0.39 is 0 Å². The second kappa shape index (κ2) is 8.69. The number of hydrogen-bond acceptors (Lipinski definition) is 7. The molecule has 0 unspecified atom stereocenters. The van der Waals surface area contributed by atoms with Crippen LogP contribution in [0.4, 0.5) is 0 Å². The molecule has 7 heteroatoms. The van der Waals surface area contributed by atoms with Gasteiger partial charge in [0, 0.05) is 17.2 Å². The molecule has 0 N–H and O–H groups in total. The van der Waals surface area contributed by atoms with Crippen LogP contribution >= 0.6 is 11.8 Å². The van der Waals surface area contributed by atoms with Crippen LogP contribution in [0.3, 0.4) is 0 Å². The zero-order valence-electron chi connectivity index (χ0n) is 17.5. The largest absolute Gasteiger partial charge is 0.497 e. The Morgan fingerprint density at radius 2 is 1.52 bits per heavy atom. The maximum atomic E-state index is 12.9. The van der Waals surface area contributed by atoms with Gasteiger partial charge in [-0.1, -0.05) is 17.8 Å². The lowest BCUT2D eigenvalue weighted by Crippen LogP contribution is -2.10. The Hall–Kier alpha value is -2.80. The number of aryl methyl sites for hydroxylation is 2. The number of ketones is 1. The topological polar surface area (TPSA) is 74.5 Å². The summed E-state index contributed by atoms with van der Waals surface area (Å²) in [7, 11) is 3.16. The third-order valence-corrected chi connectivity index (χ3v) is 5.79. The minimum absolute atomic E-state index is 0.0552. The van der Waals surface area contributed by atoms with Gasteiger partial charge in [-0.15, -0.1) is 10.2 Å². The van der Waals surface area contributed by atoms with Gasteiger partial charge in [0.2, 0.25) is 5.89 Å². The molecule has 6 nitrogen and oxygen atoms in total. The van der Waals surface area contributed by atoms with E-state index in [1.165, 1.54) is 11.8 Å². The fraction of sp³-hybridized carbons (Fsp3) is 0.318. The fourth-order valence-electron chi connectivity index (χ4n) is 3.15. The van der Waals surface area contributed by atoms with Gasteiger partial charge in [0.05, 0.1) is 20.0 Å². The van der Waals surface area contributed by atoms with E-state index in [0.717, 1.165) is 27.8 Å². The van der Waals surface area contributed by atoms with Crippen LogP contribution in [0.2, 0.25) is 0 Å². The van der Waals surface area contributed by atoms with Gasteiger partial charge in [-0.3, -0.25) is 4.79 Å². The quantitative estimate of drug-likeness (QED) is 0.401. The molecular weight excluding hydrogens is 388 g/mol. The molecule has 0 aliphatic rings. The lowest BCUT2D eigenvalue weighted by atomic mass is 9.92. The fourth-order valence-corrected chi connectivity index (χ4v) is 3.79. The van der Waals surface area contributed by atoms with Gasteiger partial charge in [-0.2, -0.15) is 0 Å². The van der Waals surface area contributed by atoms with Crippen molar-refractivity contribution in [2.24, 2.45) is 0 Å². The van der Waals surface area contributed by atoms with Gasteiger partial charge in [0.25, 0.3) is 5.22 Å². The number of rotatable bonds is 7. The molecule has 3 rings (SSSR count). The van der Waals surface area contributed by atoms with Crippen LogP contribution in [0.5, 0.6) is 11.5 Å². The van der Waals surface area contributed by atoms with E-state index in [4.69, 9.17) is 13.9 Å². The molecule has 0 saturated carbocycles. The van der Waals surface area contributed by atoms with Gasteiger partial charge in [-0.25, -0.2) is 0 Å². The zero-order chi connectivity index (χ0) is 21.1. The number of Topliss-reactive ketones (excluding diaryl/α,β-unsaturated/α-hetero) is 1. The lowest BCUT2D eigenvalue weighted by molar-refractivity contribution is 0.102. The number of aromatic nitrogens is 2. The number of carbonyl (C=O) groups is 1. The zero-order valence-corrected chi connectivity index (χ0v) is 18.3. The monoisotopic (exact) mass is 412 g/mol. The van der Waals surface area contributed by atoms with E-state index in [0.29, 0.717) is 28.2 Å². The van der Waals surface area contributed by atoms with Crippen LogP contribution in [-0.4, -0.2) is 36.0 Å². The van der Waals surface area contributed by atoms with E-state index in [2.05, 4.69) is 16.3 Å². The smallest absolute Gasteiger partial charge is 0.277 e. The predicted molar refractivity (Wildman–Crippen MR) is 113 cm³/mol. The van der Waals surface area contributed by atoms with Gasteiger partial charge in [0.15, 0.2) is 5.78 Å². The molecule has 0 aliphatic heterocycles. The highest BCUT2D eigenvalue weighted by Crippen LogP contribution is 2.31. The number of nitrogens with zero attached hydrogens (tertiary/aromatic N) is 2. The molecule has 0 spiro atoms. The molecule has 0 amide bonds. The summed E-state index contributed by atoms with van der Waals surface area (Å²) in [5.41, 5.74) is 5.75. The second-order valence-corrected chi connectivity index (χ2v) is 7.75. The van der Waals surface area contributed by atoms with Crippen molar-refractivity contribution in [3.63, 3.8) is 0 Å². The Labute approximate surface area is 174 Å². The van der Waals surface area contributed by atoms with Crippen molar-refractivity contribution >= 4 is 17.5 Å². The third kappa shape index (κ3) is 4.45. The molecule has 0 radical (unpaired) electrons. The van der Waals surface area contributed by atoms with E-state index in [9.17, 15) is 4.79 Å². The Morgan fingerprint density at radius 3 is 2.07 bits per heavy atom. The summed E-state index contributed by atoms with van der Waals surface area (Å²) in [6, 6.07) is 7.46. The average Bonchev–Trinajstić information content (AvgIpc) is 3.19. The summed E-state index contributed by atoms with van der Waals surface area (Å²) in [6.07, 6.45) is 0. The summed E-state index contributed by atoms with van der Waals surface area (Å²) in [5.74, 6) is 1.88. The van der Waals surface area contributed by atoms with Crippen molar-refractivity contribution in [1.82, 2.24) is 10.2 Å². The first kappa shape index (κ1) is 20.9. The van der Waals surface area contributed by atoms with Crippen molar-refractivity contribution in [2.45, 2.75) is 32.9 Å². The Morgan fingerprint density at radius 1 is 0.931 bits per heavy atom. The number of benzene rings is 2. The maximum absolute atomic E-state index is 12.9. The lowest BCUT2D eigenvalue weighted by Gasteiger charge is -2.13. The first-order chi connectivity index (χ1) is 13.8. The van der Waals surface area contributed by atoms with Crippen LogP contribution in [0.1, 0.15) is 32.6 Å². The summed E-state index contributed by atoms with van der Waals surface area (Å²) in [4.78, 5) is 12.9. The van der Waals surface area contributed by atoms with Crippen LogP contribution < -0.4 is 9.47 Å². The van der Waals surface area contributed by atoms with E-state index in [1.807, 2.05) is 27.7 Å². The Bertz CT molecular complexity index is 1010. The molecule has 0 fully saturated rings. The Kier molecular flexibility index (Phi) is 6.27. The standard InChI is InChI=1S/C22H24N2O4S/c1-12-7-13(2)15(4)20(14(12)3)19(25)11-29-22-24-23-21(28-22)16-8-17(26-5)10-18(9-16)27-6/h7-10H,11H2,1-6H3. The number of carbonyl (C=O) groups excluding carboxylic acids is 1. The molecule has 0 atom stereocenters. The number of ether oxygens (including phenoxy) is 2.